The number of hydrogen-bond donors (Lipinski definition) is 1. The Morgan fingerprint density at radius 3 is 2.21 bits per heavy atom. The molecule has 2 heterocycles. The zero-order valence-electron chi connectivity index (χ0n) is 21.1. The number of tetrazole rings is 1. The molecule has 0 bridgehead atoms. The van der Waals surface area contributed by atoms with Crippen molar-refractivity contribution in [3.8, 4) is 0 Å². The minimum Gasteiger partial charge on any atom is -0.330 e. The van der Waals surface area contributed by atoms with Gasteiger partial charge in [-0.25, -0.2) is 0 Å². The molecule has 0 amide bonds. The fourth-order valence-electron chi connectivity index (χ4n) is 5.09. The van der Waals surface area contributed by atoms with E-state index < -0.39 is 23.5 Å². The van der Waals surface area contributed by atoms with Crippen LogP contribution in [0.1, 0.15) is 66.0 Å². The fourth-order valence-corrected chi connectivity index (χ4v) is 5.47. The maximum atomic E-state index is 13.5. The largest absolute Gasteiger partial charge is 0.416 e. The van der Waals surface area contributed by atoms with E-state index in [0.717, 1.165) is 25.0 Å². The highest BCUT2D eigenvalue weighted by molar-refractivity contribution is 9.10. The highest BCUT2D eigenvalue weighted by atomic mass is 79.9. The van der Waals surface area contributed by atoms with Gasteiger partial charge in [-0.1, -0.05) is 30.8 Å². The molecule has 7 nitrogen and oxygen atoms in total. The van der Waals surface area contributed by atoms with Crippen molar-refractivity contribution >= 4 is 21.9 Å². The average Bonchev–Trinajstić information content (AvgIpc) is 3.53. The van der Waals surface area contributed by atoms with Crippen molar-refractivity contribution in [2.45, 2.75) is 63.5 Å². The number of anilines is 1. The Kier molecular flexibility index (Phi) is 8.84. The van der Waals surface area contributed by atoms with Gasteiger partial charge >= 0.3 is 12.4 Å². The van der Waals surface area contributed by atoms with Gasteiger partial charge in [-0.05, 0) is 68.9 Å². The van der Waals surface area contributed by atoms with Crippen molar-refractivity contribution in [1.82, 2.24) is 25.2 Å². The van der Waals surface area contributed by atoms with Crippen LogP contribution in [0.15, 0.2) is 34.9 Å². The van der Waals surface area contributed by atoms with Crippen LogP contribution in [0.5, 0.6) is 0 Å². The van der Waals surface area contributed by atoms with E-state index >= 15 is 0 Å². The second-order valence-corrected chi connectivity index (χ2v) is 10.8. The van der Waals surface area contributed by atoms with E-state index in [9.17, 15) is 26.3 Å². The van der Waals surface area contributed by atoms with Gasteiger partial charge in [0.2, 0.25) is 0 Å². The minimum atomic E-state index is -4.96. The SMILES string of the molecule is Cn1nnc(N(Cc2cc(C(F)(F)F)cc(C(F)(F)F)c2)Cc2cc(Br)cnc2C(CN)CC2CCCC2)n1. The lowest BCUT2D eigenvalue weighted by atomic mass is 9.88. The molecule has 212 valence electrons. The molecule has 39 heavy (non-hydrogen) atoms. The van der Waals surface area contributed by atoms with E-state index in [1.807, 2.05) is 6.07 Å². The number of halogens is 7. The third-order valence-electron chi connectivity index (χ3n) is 6.89. The molecule has 0 aliphatic heterocycles. The lowest BCUT2D eigenvalue weighted by Crippen LogP contribution is -2.27. The Bertz CT molecular complexity index is 1240. The Balaban J connectivity index is 1.72. The molecule has 0 saturated heterocycles. The summed E-state index contributed by atoms with van der Waals surface area (Å²) < 4.78 is 81.6. The predicted octanol–water partition coefficient (Wildman–Crippen LogP) is 6.23. The fraction of sp³-hybridized carbons (Fsp3) is 0.520. The van der Waals surface area contributed by atoms with Gasteiger partial charge in [0, 0.05) is 41.9 Å². The monoisotopic (exact) mass is 619 g/mol. The zero-order chi connectivity index (χ0) is 28.4. The first-order valence-electron chi connectivity index (χ1n) is 12.4. The Morgan fingerprint density at radius 2 is 1.67 bits per heavy atom. The standard InChI is InChI=1S/C25H28BrF6N7/c1-38-36-23(35-37-38)39(13-16-7-19(24(27,28)29)10-20(8-16)25(30,31)32)14-18-9-21(26)12-34-22(18)17(11-33)6-15-4-2-3-5-15/h7-10,12,15,17H,2-6,11,13-14,33H2,1H3. The maximum Gasteiger partial charge on any atom is 0.416 e. The quantitative estimate of drug-likeness (QED) is 0.286. The second kappa shape index (κ2) is 11.8. The first-order chi connectivity index (χ1) is 18.3. The summed E-state index contributed by atoms with van der Waals surface area (Å²) in [7, 11) is 1.51. The number of nitrogens with zero attached hydrogens (tertiary/aromatic N) is 6. The zero-order valence-corrected chi connectivity index (χ0v) is 22.7. The summed E-state index contributed by atoms with van der Waals surface area (Å²) >= 11 is 3.43. The third-order valence-corrected chi connectivity index (χ3v) is 7.33. The molecule has 1 fully saturated rings. The van der Waals surface area contributed by atoms with Crippen molar-refractivity contribution in [3.63, 3.8) is 0 Å². The molecule has 1 aliphatic carbocycles. The van der Waals surface area contributed by atoms with Crippen LogP contribution < -0.4 is 10.6 Å². The maximum absolute atomic E-state index is 13.5. The number of benzene rings is 1. The molecular formula is C25H28BrF6N7. The minimum absolute atomic E-state index is 0.0505. The van der Waals surface area contributed by atoms with Crippen LogP contribution in [0.4, 0.5) is 32.3 Å². The average molecular weight is 620 g/mol. The van der Waals surface area contributed by atoms with Gasteiger partial charge < -0.3 is 10.6 Å². The number of alkyl halides is 6. The number of aryl methyl sites for hydroxylation is 1. The first kappa shape index (κ1) is 29.2. The van der Waals surface area contributed by atoms with Crippen molar-refractivity contribution in [3.05, 3.63) is 62.9 Å². The Labute approximate surface area is 229 Å². The number of pyridine rings is 1. The van der Waals surface area contributed by atoms with Gasteiger partial charge in [0.15, 0.2) is 0 Å². The number of aromatic nitrogens is 5. The molecule has 14 heteroatoms. The van der Waals surface area contributed by atoms with Gasteiger partial charge in [0.25, 0.3) is 5.95 Å². The molecule has 0 radical (unpaired) electrons. The highest BCUT2D eigenvalue weighted by Gasteiger charge is 2.37. The van der Waals surface area contributed by atoms with E-state index in [1.54, 1.807) is 6.20 Å². The summed E-state index contributed by atoms with van der Waals surface area (Å²) in [4.78, 5) is 7.28. The van der Waals surface area contributed by atoms with Gasteiger partial charge in [-0.3, -0.25) is 4.98 Å². The van der Waals surface area contributed by atoms with Crippen LogP contribution >= 0.6 is 15.9 Å². The number of hydrogen-bond acceptors (Lipinski definition) is 6. The van der Waals surface area contributed by atoms with Crippen molar-refractivity contribution in [2.75, 3.05) is 11.4 Å². The molecular weight excluding hydrogens is 592 g/mol. The number of nitrogens with two attached hydrogens (primary N) is 1. The van der Waals surface area contributed by atoms with Crippen LogP contribution in [-0.4, -0.2) is 31.7 Å². The summed E-state index contributed by atoms with van der Waals surface area (Å²) in [6.45, 7) is 0.0802. The van der Waals surface area contributed by atoms with Gasteiger partial charge in [0.1, 0.15) is 0 Å². The molecule has 1 unspecified atom stereocenters. The molecule has 3 aromatic rings. The summed E-state index contributed by atoms with van der Waals surface area (Å²) in [6.07, 6.45) is -2.82. The summed E-state index contributed by atoms with van der Waals surface area (Å²) in [5.41, 5.74) is 4.64. The molecule has 1 atom stereocenters. The molecule has 1 aromatic carbocycles. The smallest absolute Gasteiger partial charge is 0.330 e. The number of rotatable bonds is 9. The Hall–Kier alpha value is -2.74. The van der Waals surface area contributed by atoms with E-state index in [4.69, 9.17) is 5.73 Å². The topological polar surface area (TPSA) is 85.8 Å². The van der Waals surface area contributed by atoms with E-state index in [1.165, 1.54) is 29.6 Å². The van der Waals surface area contributed by atoms with Crippen molar-refractivity contribution in [2.24, 2.45) is 18.7 Å². The third kappa shape index (κ3) is 7.47. The normalized spacial score (nSPS) is 15.6. The molecule has 1 aliphatic rings. The molecule has 0 spiro atoms. The van der Waals surface area contributed by atoms with E-state index in [0.29, 0.717) is 34.6 Å². The van der Waals surface area contributed by atoms with Gasteiger partial charge in [-0.2, -0.15) is 31.1 Å². The first-order valence-corrected chi connectivity index (χ1v) is 13.2. The van der Waals surface area contributed by atoms with Crippen LogP contribution in [0.2, 0.25) is 0 Å². The molecule has 2 aromatic heterocycles. The highest BCUT2D eigenvalue weighted by Crippen LogP contribution is 2.38. The molecule has 4 rings (SSSR count). The van der Waals surface area contributed by atoms with Crippen molar-refractivity contribution < 1.29 is 26.3 Å². The van der Waals surface area contributed by atoms with E-state index in [2.05, 4.69) is 36.3 Å². The molecule has 2 N–H and O–H groups in total. The Morgan fingerprint density at radius 1 is 1.03 bits per heavy atom. The summed E-state index contributed by atoms with van der Waals surface area (Å²) in [6, 6.07) is 3.36. The van der Waals surface area contributed by atoms with Crippen LogP contribution in [0, 0.1) is 5.92 Å². The van der Waals surface area contributed by atoms with Crippen LogP contribution in [0.3, 0.4) is 0 Å². The lowest BCUT2D eigenvalue weighted by molar-refractivity contribution is -0.143. The second-order valence-electron chi connectivity index (χ2n) is 9.87. The molecule has 1 saturated carbocycles. The van der Waals surface area contributed by atoms with Gasteiger partial charge in [-0.15, -0.1) is 5.10 Å². The van der Waals surface area contributed by atoms with Crippen molar-refractivity contribution in [1.29, 1.82) is 0 Å². The van der Waals surface area contributed by atoms with Crippen LogP contribution in [-0.2, 0) is 32.5 Å². The van der Waals surface area contributed by atoms with Crippen LogP contribution in [0.25, 0.3) is 0 Å². The van der Waals surface area contributed by atoms with E-state index in [-0.39, 0.29) is 36.6 Å². The predicted molar refractivity (Wildman–Crippen MR) is 135 cm³/mol. The van der Waals surface area contributed by atoms with Gasteiger partial charge in [0.05, 0.1) is 18.2 Å². The summed E-state index contributed by atoms with van der Waals surface area (Å²) in [5.74, 6) is 0.522. The summed E-state index contributed by atoms with van der Waals surface area (Å²) in [5, 5.41) is 11.9. The lowest BCUT2D eigenvalue weighted by Gasteiger charge is -2.26.